The van der Waals surface area contributed by atoms with Gasteiger partial charge in [-0.15, -0.1) is 5.10 Å². The van der Waals surface area contributed by atoms with E-state index in [-0.39, 0.29) is 0 Å². The summed E-state index contributed by atoms with van der Waals surface area (Å²) >= 11 is 0. The maximum Gasteiger partial charge on any atom is 0.246 e. The average Bonchev–Trinajstić information content (AvgIpc) is 3.49. The molecule has 5 rings (SSSR count). The Morgan fingerprint density at radius 3 is 3.06 bits per heavy atom. The Morgan fingerprint density at radius 1 is 1.39 bits per heavy atom. The second-order valence-corrected chi connectivity index (χ2v) is 9.03. The van der Waals surface area contributed by atoms with Crippen molar-refractivity contribution in [3.05, 3.63) is 30.1 Å². The summed E-state index contributed by atoms with van der Waals surface area (Å²) in [5, 5.41) is 18.7. The minimum atomic E-state index is -0.571. The molecule has 0 radical (unpaired) electrons. The number of nitrogens with one attached hydrogen (secondary N) is 3. The van der Waals surface area contributed by atoms with Crippen molar-refractivity contribution >= 4 is 28.9 Å². The molecule has 2 aliphatic heterocycles. The second-order valence-electron chi connectivity index (χ2n) is 9.03. The SMILES string of the molecule is Cc1cc(Nc2nc(N3CCC[C@@]3(C)C(=O)C[C@@H]3CCCNC3)nn3cccc23)n[nH]1. The number of carbonyl (C=O) groups is 1. The van der Waals surface area contributed by atoms with Crippen LogP contribution in [0.3, 0.4) is 0 Å². The van der Waals surface area contributed by atoms with E-state index in [0.717, 1.165) is 56.5 Å². The number of piperidine rings is 1. The summed E-state index contributed by atoms with van der Waals surface area (Å²) in [6.07, 6.45) is 6.58. The highest BCUT2D eigenvalue weighted by atomic mass is 16.1. The summed E-state index contributed by atoms with van der Waals surface area (Å²) in [5.41, 5.74) is 1.27. The van der Waals surface area contributed by atoms with Crippen LogP contribution in [0.1, 0.15) is 44.7 Å². The molecule has 0 spiro atoms. The third kappa shape index (κ3) is 3.78. The molecule has 9 heteroatoms. The number of carbonyl (C=O) groups excluding carboxylic acids is 1. The van der Waals surface area contributed by atoms with Gasteiger partial charge in [0, 0.05) is 30.9 Å². The van der Waals surface area contributed by atoms with Crippen molar-refractivity contribution in [3.63, 3.8) is 0 Å². The van der Waals surface area contributed by atoms with Gasteiger partial charge in [-0.25, -0.2) is 4.52 Å². The molecule has 2 fully saturated rings. The summed E-state index contributed by atoms with van der Waals surface area (Å²) in [4.78, 5) is 20.4. The Labute approximate surface area is 181 Å². The normalized spacial score (nSPS) is 24.1. The van der Waals surface area contributed by atoms with E-state index in [0.29, 0.717) is 35.7 Å². The fourth-order valence-corrected chi connectivity index (χ4v) is 4.89. The number of Topliss-reactive ketones (excluding diaryl/α,β-unsaturated/α-hetero) is 1. The molecule has 2 aliphatic rings. The van der Waals surface area contributed by atoms with Crippen molar-refractivity contribution in [1.29, 1.82) is 0 Å². The van der Waals surface area contributed by atoms with Gasteiger partial charge in [0.25, 0.3) is 0 Å². The first kappa shape index (κ1) is 20.0. The van der Waals surface area contributed by atoms with Gasteiger partial charge >= 0.3 is 0 Å². The number of aromatic amines is 1. The molecule has 2 saturated heterocycles. The lowest BCUT2D eigenvalue weighted by Crippen LogP contribution is -2.50. The summed E-state index contributed by atoms with van der Waals surface area (Å²) in [6.45, 7) is 6.79. The number of aryl methyl sites for hydroxylation is 1. The number of nitrogens with zero attached hydrogens (tertiary/aromatic N) is 5. The van der Waals surface area contributed by atoms with Crippen molar-refractivity contribution in [2.24, 2.45) is 5.92 Å². The molecular formula is C22H30N8O. The zero-order valence-electron chi connectivity index (χ0n) is 18.2. The Hall–Kier alpha value is -2.94. The Morgan fingerprint density at radius 2 is 2.29 bits per heavy atom. The monoisotopic (exact) mass is 422 g/mol. The van der Waals surface area contributed by atoms with E-state index in [2.05, 4.69) is 32.7 Å². The van der Waals surface area contributed by atoms with Gasteiger partial charge in [-0.1, -0.05) is 0 Å². The lowest BCUT2D eigenvalue weighted by Gasteiger charge is -2.35. The largest absolute Gasteiger partial charge is 0.327 e. The van der Waals surface area contributed by atoms with E-state index >= 15 is 0 Å². The molecule has 3 aromatic rings. The molecule has 0 saturated carbocycles. The predicted octanol–water partition coefficient (Wildman–Crippen LogP) is 2.82. The standard InChI is InChI=1S/C22H30N8O/c1-15-12-19(27-26-15)24-20-17-7-4-11-30(17)28-21(25-20)29-10-5-8-22(29,2)18(31)13-16-6-3-9-23-14-16/h4,7,11-12,16,23H,3,5-6,8-10,13-14H2,1-2H3,(H2,24,25,26,27,28)/t16-,22-/m0/s1. The number of aromatic nitrogens is 5. The van der Waals surface area contributed by atoms with E-state index in [9.17, 15) is 4.79 Å². The minimum absolute atomic E-state index is 0.298. The molecule has 5 heterocycles. The van der Waals surface area contributed by atoms with E-state index in [1.54, 1.807) is 0 Å². The van der Waals surface area contributed by atoms with Crippen LogP contribution in [0.25, 0.3) is 5.52 Å². The minimum Gasteiger partial charge on any atom is -0.327 e. The zero-order valence-corrected chi connectivity index (χ0v) is 18.2. The van der Waals surface area contributed by atoms with E-state index in [1.165, 1.54) is 0 Å². The summed E-state index contributed by atoms with van der Waals surface area (Å²) in [7, 11) is 0. The van der Waals surface area contributed by atoms with Crippen LogP contribution in [0.4, 0.5) is 17.6 Å². The summed E-state index contributed by atoms with van der Waals surface area (Å²) in [6, 6.07) is 5.85. The van der Waals surface area contributed by atoms with Crippen LogP contribution in [-0.2, 0) is 4.79 Å². The van der Waals surface area contributed by atoms with Crippen molar-refractivity contribution in [2.45, 2.75) is 51.5 Å². The molecule has 0 amide bonds. The number of rotatable bonds is 6. The average molecular weight is 423 g/mol. The van der Waals surface area contributed by atoms with Gasteiger partial charge in [-0.2, -0.15) is 10.1 Å². The van der Waals surface area contributed by atoms with Gasteiger partial charge in [0.1, 0.15) is 5.52 Å². The van der Waals surface area contributed by atoms with Crippen molar-refractivity contribution < 1.29 is 4.79 Å². The predicted molar refractivity (Wildman–Crippen MR) is 120 cm³/mol. The highest BCUT2D eigenvalue weighted by molar-refractivity contribution is 5.92. The third-order valence-electron chi connectivity index (χ3n) is 6.69. The first-order valence-corrected chi connectivity index (χ1v) is 11.2. The van der Waals surface area contributed by atoms with Crippen molar-refractivity contribution in [1.82, 2.24) is 30.1 Å². The number of ketones is 1. The van der Waals surface area contributed by atoms with E-state index in [1.807, 2.05) is 35.8 Å². The smallest absolute Gasteiger partial charge is 0.246 e. The van der Waals surface area contributed by atoms with Gasteiger partial charge < -0.3 is 15.5 Å². The fourth-order valence-electron chi connectivity index (χ4n) is 4.89. The van der Waals surface area contributed by atoms with Crippen LogP contribution < -0.4 is 15.5 Å². The molecule has 0 unspecified atom stereocenters. The molecule has 31 heavy (non-hydrogen) atoms. The first-order valence-electron chi connectivity index (χ1n) is 11.2. The summed E-state index contributed by atoms with van der Waals surface area (Å²) < 4.78 is 1.82. The zero-order chi connectivity index (χ0) is 21.4. The first-order chi connectivity index (χ1) is 15.0. The van der Waals surface area contributed by atoms with Crippen molar-refractivity contribution in [2.75, 3.05) is 29.9 Å². The van der Waals surface area contributed by atoms with Crippen LogP contribution in [0, 0.1) is 12.8 Å². The Bertz CT molecular complexity index is 1080. The van der Waals surface area contributed by atoms with Gasteiger partial charge in [-0.05, 0) is 70.7 Å². The second kappa shape index (κ2) is 7.96. The number of hydrogen-bond acceptors (Lipinski definition) is 7. The maximum absolute atomic E-state index is 13.4. The molecule has 3 aromatic heterocycles. The molecule has 164 valence electrons. The van der Waals surface area contributed by atoms with Crippen LogP contribution >= 0.6 is 0 Å². The fraction of sp³-hybridized carbons (Fsp3) is 0.545. The number of H-pyrrole nitrogens is 1. The highest BCUT2D eigenvalue weighted by Crippen LogP contribution is 2.36. The molecule has 0 aliphatic carbocycles. The highest BCUT2D eigenvalue weighted by Gasteiger charge is 2.45. The van der Waals surface area contributed by atoms with E-state index in [4.69, 9.17) is 10.1 Å². The van der Waals surface area contributed by atoms with Crippen LogP contribution in [0.15, 0.2) is 24.4 Å². The van der Waals surface area contributed by atoms with E-state index < -0.39 is 5.54 Å². The van der Waals surface area contributed by atoms with Crippen molar-refractivity contribution in [3.8, 4) is 0 Å². The third-order valence-corrected chi connectivity index (χ3v) is 6.69. The molecule has 0 aromatic carbocycles. The lowest BCUT2D eigenvalue weighted by atomic mass is 9.84. The molecule has 2 atom stereocenters. The summed E-state index contributed by atoms with van der Waals surface area (Å²) in [5.74, 6) is 2.68. The number of fused-ring (bicyclic) bond motifs is 1. The maximum atomic E-state index is 13.4. The molecule has 9 nitrogen and oxygen atoms in total. The molecule has 3 N–H and O–H groups in total. The van der Waals surface area contributed by atoms with Gasteiger partial charge in [-0.3, -0.25) is 9.89 Å². The van der Waals surface area contributed by atoms with Gasteiger partial charge in [0.05, 0.1) is 5.54 Å². The number of hydrogen-bond donors (Lipinski definition) is 3. The number of anilines is 3. The Balaban J connectivity index is 1.45. The van der Waals surface area contributed by atoms with Crippen LogP contribution in [-0.4, -0.2) is 55.8 Å². The Kier molecular flexibility index (Phi) is 5.13. The van der Waals surface area contributed by atoms with Gasteiger partial charge in [0.2, 0.25) is 5.95 Å². The van der Waals surface area contributed by atoms with Gasteiger partial charge in [0.15, 0.2) is 17.4 Å². The lowest BCUT2D eigenvalue weighted by molar-refractivity contribution is -0.124. The molecule has 0 bridgehead atoms. The van der Waals surface area contributed by atoms with Crippen LogP contribution in [0.5, 0.6) is 0 Å². The quantitative estimate of drug-likeness (QED) is 0.561. The van der Waals surface area contributed by atoms with Crippen LogP contribution in [0.2, 0.25) is 0 Å². The molecular weight excluding hydrogens is 392 g/mol. The topological polar surface area (TPSA) is 103 Å².